The van der Waals surface area contributed by atoms with Crippen LogP contribution >= 0.6 is 0 Å². The van der Waals surface area contributed by atoms with E-state index in [-0.39, 0.29) is 0 Å². The van der Waals surface area contributed by atoms with E-state index in [0.717, 1.165) is 11.8 Å². The van der Waals surface area contributed by atoms with Gasteiger partial charge in [-0.1, -0.05) is 61.9 Å². The molecule has 0 heterocycles. The van der Waals surface area contributed by atoms with Crippen molar-refractivity contribution in [1.29, 1.82) is 0 Å². The van der Waals surface area contributed by atoms with Crippen molar-refractivity contribution in [3.05, 3.63) is 53.6 Å². The molecule has 0 saturated heterocycles. The molecule has 1 aromatic carbocycles. The topological polar surface area (TPSA) is 0 Å². The molecule has 0 aromatic heterocycles. The van der Waals surface area contributed by atoms with Crippen molar-refractivity contribution in [3.63, 3.8) is 0 Å². The first-order valence-corrected chi connectivity index (χ1v) is 7.52. The minimum atomic E-state index is 0.584. The standard InChI is InChI=1S/C19H26/c1-5-17(16-9-7-6-8-10-16)19-13-15(4)11-12-18(19)14(2)3/h5-10,13-14,18-19H,11-12H2,1-4H3/b17-5-. The average molecular weight is 254 g/mol. The molecule has 0 fully saturated rings. The smallest absolute Gasteiger partial charge is 0.00540 e. The molecule has 0 bridgehead atoms. The highest BCUT2D eigenvalue weighted by atomic mass is 14.3. The highest BCUT2D eigenvalue weighted by Crippen LogP contribution is 2.41. The molecule has 1 aliphatic rings. The fourth-order valence-corrected chi connectivity index (χ4v) is 3.34. The van der Waals surface area contributed by atoms with Gasteiger partial charge in [0.15, 0.2) is 0 Å². The first-order chi connectivity index (χ1) is 9.13. The van der Waals surface area contributed by atoms with Crippen LogP contribution in [-0.4, -0.2) is 0 Å². The molecule has 102 valence electrons. The summed E-state index contributed by atoms with van der Waals surface area (Å²) in [7, 11) is 0. The maximum Gasteiger partial charge on any atom is 0.00540 e. The molecule has 0 heteroatoms. The lowest BCUT2D eigenvalue weighted by atomic mass is 9.70. The Morgan fingerprint density at radius 3 is 2.47 bits per heavy atom. The number of benzene rings is 1. The van der Waals surface area contributed by atoms with E-state index in [1.807, 2.05) is 0 Å². The molecule has 0 N–H and O–H groups in total. The van der Waals surface area contributed by atoms with Gasteiger partial charge in [0, 0.05) is 5.92 Å². The monoisotopic (exact) mass is 254 g/mol. The van der Waals surface area contributed by atoms with Crippen molar-refractivity contribution in [2.24, 2.45) is 17.8 Å². The Hall–Kier alpha value is -1.30. The summed E-state index contributed by atoms with van der Waals surface area (Å²) >= 11 is 0. The fraction of sp³-hybridized carbons (Fsp3) is 0.474. The second-order valence-corrected chi connectivity index (χ2v) is 6.10. The third-order valence-corrected chi connectivity index (χ3v) is 4.43. The normalized spacial score (nSPS) is 24.5. The molecule has 19 heavy (non-hydrogen) atoms. The maximum atomic E-state index is 2.51. The molecule has 1 aliphatic carbocycles. The second kappa shape index (κ2) is 6.23. The predicted molar refractivity (Wildman–Crippen MR) is 84.9 cm³/mol. The van der Waals surface area contributed by atoms with Gasteiger partial charge in [-0.15, -0.1) is 0 Å². The molecule has 0 nitrogen and oxygen atoms in total. The van der Waals surface area contributed by atoms with Crippen molar-refractivity contribution in [3.8, 4) is 0 Å². The molecule has 0 saturated carbocycles. The maximum absolute atomic E-state index is 2.51. The zero-order chi connectivity index (χ0) is 13.8. The minimum Gasteiger partial charge on any atom is -0.0832 e. The Bertz CT molecular complexity index is 462. The largest absolute Gasteiger partial charge is 0.0832 e. The lowest BCUT2D eigenvalue weighted by molar-refractivity contribution is 0.305. The summed E-state index contributed by atoms with van der Waals surface area (Å²) in [6, 6.07) is 10.9. The second-order valence-electron chi connectivity index (χ2n) is 6.10. The first-order valence-electron chi connectivity index (χ1n) is 7.52. The van der Waals surface area contributed by atoms with Gasteiger partial charge in [0.1, 0.15) is 0 Å². The van der Waals surface area contributed by atoms with Crippen LogP contribution in [0.2, 0.25) is 0 Å². The Morgan fingerprint density at radius 2 is 1.89 bits per heavy atom. The van der Waals surface area contributed by atoms with Crippen LogP contribution in [0.15, 0.2) is 48.1 Å². The van der Waals surface area contributed by atoms with Crippen LogP contribution in [0.5, 0.6) is 0 Å². The van der Waals surface area contributed by atoms with Crippen molar-refractivity contribution < 1.29 is 0 Å². The van der Waals surface area contributed by atoms with Crippen LogP contribution in [-0.2, 0) is 0 Å². The quantitative estimate of drug-likeness (QED) is 0.605. The summed E-state index contributed by atoms with van der Waals surface area (Å²) in [6.45, 7) is 9.19. The molecule has 2 rings (SSSR count). The Balaban J connectivity index is 2.38. The molecular weight excluding hydrogens is 228 g/mol. The number of allylic oxidation sites excluding steroid dienone is 4. The minimum absolute atomic E-state index is 0.584. The van der Waals surface area contributed by atoms with Gasteiger partial charge in [0.2, 0.25) is 0 Å². The van der Waals surface area contributed by atoms with Crippen LogP contribution in [0, 0.1) is 17.8 Å². The lowest BCUT2D eigenvalue weighted by Gasteiger charge is -2.34. The van der Waals surface area contributed by atoms with Crippen molar-refractivity contribution in [1.82, 2.24) is 0 Å². The van der Waals surface area contributed by atoms with Crippen molar-refractivity contribution in [2.75, 3.05) is 0 Å². The van der Waals surface area contributed by atoms with Crippen LogP contribution in [0.1, 0.15) is 46.1 Å². The number of hydrogen-bond acceptors (Lipinski definition) is 0. The van der Waals surface area contributed by atoms with Crippen molar-refractivity contribution in [2.45, 2.75) is 40.5 Å². The van der Waals surface area contributed by atoms with Gasteiger partial charge in [-0.05, 0) is 49.7 Å². The zero-order valence-electron chi connectivity index (χ0n) is 12.7. The zero-order valence-corrected chi connectivity index (χ0v) is 12.7. The van der Waals surface area contributed by atoms with Gasteiger partial charge in [-0.3, -0.25) is 0 Å². The summed E-state index contributed by atoms with van der Waals surface area (Å²) in [5, 5.41) is 0. The van der Waals surface area contributed by atoms with Gasteiger partial charge in [-0.25, -0.2) is 0 Å². The van der Waals surface area contributed by atoms with Gasteiger partial charge >= 0.3 is 0 Å². The fourth-order valence-electron chi connectivity index (χ4n) is 3.34. The van der Waals surface area contributed by atoms with Crippen LogP contribution in [0.4, 0.5) is 0 Å². The van der Waals surface area contributed by atoms with Gasteiger partial charge in [-0.2, -0.15) is 0 Å². The summed E-state index contributed by atoms with van der Waals surface area (Å²) in [6.07, 6.45) is 7.42. The van der Waals surface area contributed by atoms with E-state index in [1.54, 1.807) is 5.57 Å². The number of rotatable bonds is 3. The molecule has 1 aromatic rings. The van der Waals surface area contributed by atoms with Gasteiger partial charge in [0.05, 0.1) is 0 Å². The van der Waals surface area contributed by atoms with Crippen molar-refractivity contribution >= 4 is 5.57 Å². The van der Waals surface area contributed by atoms with E-state index in [9.17, 15) is 0 Å². The molecular formula is C19H26. The van der Waals surface area contributed by atoms with Crippen LogP contribution in [0.25, 0.3) is 5.57 Å². The van der Waals surface area contributed by atoms with E-state index in [0.29, 0.717) is 5.92 Å². The summed E-state index contributed by atoms with van der Waals surface area (Å²) < 4.78 is 0. The molecule has 0 aliphatic heterocycles. The highest BCUT2D eigenvalue weighted by molar-refractivity contribution is 5.69. The van der Waals surface area contributed by atoms with Crippen LogP contribution < -0.4 is 0 Å². The lowest BCUT2D eigenvalue weighted by Crippen LogP contribution is -2.23. The third kappa shape index (κ3) is 3.18. The predicted octanol–water partition coefficient (Wildman–Crippen LogP) is 5.72. The van der Waals surface area contributed by atoms with E-state index in [1.165, 1.54) is 24.0 Å². The van der Waals surface area contributed by atoms with Gasteiger partial charge < -0.3 is 0 Å². The van der Waals surface area contributed by atoms with Crippen LogP contribution in [0.3, 0.4) is 0 Å². The van der Waals surface area contributed by atoms with Gasteiger partial charge in [0.25, 0.3) is 0 Å². The molecule has 0 amide bonds. The SMILES string of the molecule is C/C=C(/c1ccccc1)C1C=C(C)CCC1C(C)C. The summed E-state index contributed by atoms with van der Waals surface area (Å²) in [5.74, 6) is 2.10. The van der Waals surface area contributed by atoms with E-state index in [2.05, 4.69) is 70.2 Å². The summed E-state index contributed by atoms with van der Waals surface area (Å²) in [5.41, 5.74) is 4.43. The number of hydrogen-bond donors (Lipinski definition) is 0. The summed E-state index contributed by atoms with van der Waals surface area (Å²) in [4.78, 5) is 0. The highest BCUT2D eigenvalue weighted by Gasteiger charge is 2.28. The third-order valence-electron chi connectivity index (χ3n) is 4.43. The Kier molecular flexibility index (Phi) is 4.63. The van der Waals surface area contributed by atoms with E-state index in [4.69, 9.17) is 0 Å². The van der Waals surface area contributed by atoms with E-state index < -0.39 is 0 Å². The Morgan fingerprint density at radius 1 is 1.21 bits per heavy atom. The first kappa shape index (κ1) is 14.1. The average Bonchev–Trinajstić information content (AvgIpc) is 2.40. The molecule has 2 atom stereocenters. The van der Waals surface area contributed by atoms with E-state index >= 15 is 0 Å². The molecule has 2 unspecified atom stereocenters. The molecule has 0 radical (unpaired) electrons. The Labute approximate surface area is 118 Å². The molecule has 0 spiro atoms.